The highest BCUT2D eigenvalue weighted by Gasteiger charge is 2.32. The highest BCUT2D eigenvalue weighted by molar-refractivity contribution is 7.86. The molecule has 15 nitrogen and oxygen atoms in total. The molecule has 0 aliphatic carbocycles. The summed E-state index contributed by atoms with van der Waals surface area (Å²) in [4.78, 5) is 39.8. The Kier molecular flexibility index (Phi) is 12.8. The molecule has 17 heteroatoms. The molecular weight excluding hydrogens is 588 g/mol. The van der Waals surface area contributed by atoms with Gasteiger partial charge in [0, 0.05) is 31.5 Å². The van der Waals surface area contributed by atoms with Crippen LogP contribution in [-0.4, -0.2) is 105 Å². The molecule has 0 aromatic heterocycles. The van der Waals surface area contributed by atoms with Gasteiger partial charge in [-0.25, -0.2) is 4.79 Å². The molecule has 0 spiro atoms. The van der Waals surface area contributed by atoms with Gasteiger partial charge in [-0.3, -0.25) is 23.6 Å². The third-order valence-electron chi connectivity index (χ3n) is 5.82. The number of amides is 2. The van der Waals surface area contributed by atoms with E-state index in [4.69, 9.17) is 19.0 Å². The van der Waals surface area contributed by atoms with Crippen LogP contribution in [0.5, 0.6) is 0 Å². The fourth-order valence-corrected chi connectivity index (χ4v) is 4.92. The van der Waals surface area contributed by atoms with Crippen LogP contribution in [0.2, 0.25) is 0 Å². The van der Waals surface area contributed by atoms with Gasteiger partial charge in [0.25, 0.3) is 32.1 Å². The molecule has 0 unspecified atom stereocenters. The summed E-state index contributed by atoms with van der Waals surface area (Å²) in [6, 6.07) is 2.99. The molecule has 1 heterocycles. The first-order chi connectivity index (χ1) is 19.0. The molecule has 0 saturated carbocycles. The van der Waals surface area contributed by atoms with Gasteiger partial charge < -0.3 is 19.0 Å². The van der Waals surface area contributed by atoms with Crippen LogP contribution in [0.25, 0.3) is 0 Å². The van der Waals surface area contributed by atoms with Crippen LogP contribution in [-0.2, 0) is 60.2 Å². The standard InChI is InChI=1S/C24H36N2O13S2/c1-24(2,3)25(17-18-4-5-19(40(30,31)32)16-20(18)41(33,34)35)9-11-37-13-15-38-14-12-36-10-8-23(29)39-26-21(27)6-7-22(26)28/h4-5,16H,6-15,17H2,1-3H3,(H,30,31,32)(H,33,34,35). The van der Waals surface area contributed by atoms with Crippen LogP contribution in [0.4, 0.5) is 0 Å². The maximum atomic E-state index is 11.9. The van der Waals surface area contributed by atoms with E-state index in [9.17, 15) is 40.3 Å². The molecule has 0 atom stereocenters. The van der Waals surface area contributed by atoms with Crippen molar-refractivity contribution in [1.82, 2.24) is 9.96 Å². The predicted octanol–water partition coefficient (Wildman–Crippen LogP) is 0.828. The monoisotopic (exact) mass is 624 g/mol. The highest BCUT2D eigenvalue weighted by atomic mass is 32.2. The van der Waals surface area contributed by atoms with Crippen LogP contribution >= 0.6 is 0 Å². The van der Waals surface area contributed by atoms with Crippen molar-refractivity contribution in [3.63, 3.8) is 0 Å². The maximum absolute atomic E-state index is 11.9. The van der Waals surface area contributed by atoms with Gasteiger partial charge in [0.05, 0.1) is 55.9 Å². The average Bonchev–Trinajstić information content (AvgIpc) is 3.16. The van der Waals surface area contributed by atoms with E-state index in [1.807, 2.05) is 25.7 Å². The number of ether oxygens (including phenoxy) is 3. The first-order valence-corrected chi connectivity index (χ1v) is 15.5. The zero-order valence-corrected chi connectivity index (χ0v) is 24.7. The molecule has 41 heavy (non-hydrogen) atoms. The van der Waals surface area contributed by atoms with E-state index < -0.39 is 53.3 Å². The SMILES string of the molecule is CC(C)(C)N(CCOCCOCCOCCC(=O)ON1C(=O)CCC1=O)Cc1ccc(S(=O)(=O)O)cc1S(=O)(=O)O. The van der Waals surface area contributed by atoms with Gasteiger partial charge in [0.1, 0.15) is 0 Å². The number of hydrogen-bond acceptors (Lipinski definition) is 12. The normalized spacial score (nSPS) is 14.7. The Hall–Kier alpha value is -2.51. The maximum Gasteiger partial charge on any atom is 0.335 e. The van der Waals surface area contributed by atoms with Gasteiger partial charge in [-0.05, 0) is 38.5 Å². The van der Waals surface area contributed by atoms with Crippen molar-refractivity contribution in [2.45, 2.75) is 61.9 Å². The molecular formula is C24H36N2O13S2. The van der Waals surface area contributed by atoms with Gasteiger partial charge >= 0.3 is 5.97 Å². The fraction of sp³-hybridized carbons (Fsp3) is 0.625. The van der Waals surface area contributed by atoms with Crippen molar-refractivity contribution in [3.8, 4) is 0 Å². The van der Waals surface area contributed by atoms with E-state index in [0.29, 0.717) is 17.7 Å². The van der Waals surface area contributed by atoms with Crippen LogP contribution in [0.1, 0.15) is 45.6 Å². The second-order valence-corrected chi connectivity index (χ2v) is 12.8. The minimum Gasteiger partial charge on any atom is -0.378 e. The highest BCUT2D eigenvalue weighted by Crippen LogP contribution is 2.25. The number of benzene rings is 1. The fourth-order valence-electron chi connectivity index (χ4n) is 3.60. The zero-order valence-electron chi connectivity index (χ0n) is 23.1. The van der Waals surface area contributed by atoms with E-state index in [1.165, 1.54) is 6.07 Å². The minimum atomic E-state index is -4.77. The number of carbonyl (C=O) groups is 3. The Morgan fingerprint density at radius 3 is 1.93 bits per heavy atom. The average molecular weight is 625 g/mol. The summed E-state index contributed by atoms with van der Waals surface area (Å²) in [6.07, 6.45) is -0.0968. The molecule has 1 aromatic rings. The lowest BCUT2D eigenvalue weighted by molar-refractivity contribution is -0.198. The van der Waals surface area contributed by atoms with Crippen molar-refractivity contribution >= 4 is 38.0 Å². The second kappa shape index (κ2) is 15.1. The molecule has 0 bridgehead atoms. The minimum absolute atomic E-state index is 0.0206. The van der Waals surface area contributed by atoms with E-state index in [-0.39, 0.29) is 71.0 Å². The van der Waals surface area contributed by atoms with E-state index in [0.717, 1.165) is 6.07 Å². The van der Waals surface area contributed by atoms with Crippen molar-refractivity contribution in [3.05, 3.63) is 23.8 Å². The summed E-state index contributed by atoms with van der Waals surface area (Å²) in [6.45, 7) is 7.28. The Morgan fingerprint density at radius 1 is 0.878 bits per heavy atom. The van der Waals surface area contributed by atoms with Crippen molar-refractivity contribution in [2.24, 2.45) is 0 Å². The summed E-state index contributed by atoms with van der Waals surface area (Å²) in [5.74, 6) is -1.85. The molecule has 2 N–H and O–H groups in total. The van der Waals surface area contributed by atoms with Crippen molar-refractivity contribution in [1.29, 1.82) is 0 Å². The quantitative estimate of drug-likeness (QED) is 0.140. The van der Waals surface area contributed by atoms with Crippen LogP contribution < -0.4 is 0 Å². The van der Waals surface area contributed by atoms with Crippen molar-refractivity contribution in [2.75, 3.05) is 46.2 Å². The number of nitrogens with zero attached hydrogens (tertiary/aromatic N) is 2. The zero-order chi connectivity index (χ0) is 30.8. The molecule has 1 aromatic carbocycles. The Labute approximate surface area is 239 Å². The van der Waals surface area contributed by atoms with E-state index in [1.54, 1.807) is 0 Å². The topological polar surface area (TPSA) is 203 Å². The molecule has 0 radical (unpaired) electrons. The number of hydrogen-bond donors (Lipinski definition) is 2. The Bertz CT molecular complexity index is 1270. The smallest absolute Gasteiger partial charge is 0.335 e. The van der Waals surface area contributed by atoms with Crippen LogP contribution in [0, 0.1) is 0 Å². The van der Waals surface area contributed by atoms with Gasteiger partial charge in [-0.1, -0.05) is 6.07 Å². The van der Waals surface area contributed by atoms with Gasteiger partial charge in [0.15, 0.2) is 0 Å². The third-order valence-corrected chi connectivity index (χ3v) is 7.61. The third kappa shape index (κ3) is 11.7. The number of rotatable bonds is 17. The summed E-state index contributed by atoms with van der Waals surface area (Å²) >= 11 is 0. The summed E-state index contributed by atoms with van der Waals surface area (Å²) in [5.41, 5.74) is -0.314. The molecule has 2 rings (SSSR count). The van der Waals surface area contributed by atoms with Crippen LogP contribution in [0.3, 0.4) is 0 Å². The van der Waals surface area contributed by atoms with Gasteiger partial charge in [-0.15, -0.1) is 5.06 Å². The van der Waals surface area contributed by atoms with E-state index >= 15 is 0 Å². The summed E-state index contributed by atoms with van der Waals surface area (Å²) in [7, 11) is -9.45. The molecule has 1 fully saturated rings. The summed E-state index contributed by atoms with van der Waals surface area (Å²) < 4.78 is 81.7. The number of imide groups is 1. The van der Waals surface area contributed by atoms with Crippen molar-refractivity contribution < 1.29 is 59.4 Å². The lowest BCUT2D eigenvalue weighted by Gasteiger charge is -2.36. The van der Waals surface area contributed by atoms with Gasteiger partial charge in [0.2, 0.25) is 0 Å². The Balaban J connectivity index is 1.69. The number of carbonyl (C=O) groups excluding carboxylic acids is 3. The lowest BCUT2D eigenvalue weighted by atomic mass is 10.0. The molecule has 232 valence electrons. The first kappa shape index (κ1) is 34.7. The predicted molar refractivity (Wildman–Crippen MR) is 140 cm³/mol. The Morgan fingerprint density at radius 2 is 1.41 bits per heavy atom. The lowest BCUT2D eigenvalue weighted by Crippen LogP contribution is -2.43. The first-order valence-electron chi connectivity index (χ1n) is 12.6. The van der Waals surface area contributed by atoms with E-state index in [2.05, 4.69) is 0 Å². The molecule has 1 aliphatic heterocycles. The largest absolute Gasteiger partial charge is 0.378 e. The second-order valence-electron chi connectivity index (χ2n) is 9.94. The summed E-state index contributed by atoms with van der Waals surface area (Å²) in [5, 5.41) is 0.479. The molecule has 1 saturated heterocycles. The molecule has 2 amide bonds. The van der Waals surface area contributed by atoms with Crippen LogP contribution in [0.15, 0.2) is 28.0 Å². The molecule has 1 aliphatic rings. The van der Waals surface area contributed by atoms with Gasteiger partial charge in [-0.2, -0.15) is 16.8 Å². The number of hydroxylamine groups is 2.